The summed E-state index contributed by atoms with van der Waals surface area (Å²) >= 11 is 0. The van der Waals surface area contributed by atoms with Crippen molar-refractivity contribution in [1.82, 2.24) is 5.32 Å². The van der Waals surface area contributed by atoms with Gasteiger partial charge in [-0.15, -0.1) is 0 Å². The van der Waals surface area contributed by atoms with Gasteiger partial charge >= 0.3 is 0 Å². The summed E-state index contributed by atoms with van der Waals surface area (Å²) < 4.78 is 14.5. The normalized spacial score (nSPS) is 19.9. The molecule has 2 aliphatic rings. The molecule has 20 heavy (non-hydrogen) atoms. The molecule has 108 valence electrons. The molecule has 0 unspecified atom stereocenters. The number of carbonyl (C=O) groups is 1. The number of anilines is 1. The van der Waals surface area contributed by atoms with E-state index in [0.717, 1.165) is 43.4 Å². The Kier molecular flexibility index (Phi) is 3.50. The van der Waals surface area contributed by atoms with Gasteiger partial charge in [0.1, 0.15) is 5.82 Å². The fraction of sp³-hybridized carbons (Fsp3) is 0.562. The van der Waals surface area contributed by atoms with Crippen LogP contribution in [0.4, 0.5) is 10.1 Å². The van der Waals surface area contributed by atoms with Crippen molar-refractivity contribution in [3.8, 4) is 0 Å². The number of hydrogen-bond donors (Lipinski definition) is 2. The summed E-state index contributed by atoms with van der Waals surface area (Å²) in [5.41, 5.74) is 1.83. The van der Waals surface area contributed by atoms with Crippen LogP contribution >= 0.6 is 0 Å². The van der Waals surface area contributed by atoms with Gasteiger partial charge in [-0.05, 0) is 49.4 Å². The summed E-state index contributed by atoms with van der Waals surface area (Å²) in [6, 6.07) is 3.61. The van der Waals surface area contributed by atoms with E-state index in [2.05, 4.69) is 10.6 Å². The fourth-order valence-corrected chi connectivity index (χ4v) is 3.23. The van der Waals surface area contributed by atoms with Crippen molar-refractivity contribution in [2.75, 3.05) is 11.9 Å². The number of benzene rings is 1. The highest BCUT2D eigenvalue weighted by atomic mass is 19.1. The molecule has 0 spiro atoms. The Morgan fingerprint density at radius 1 is 1.45 bits per heavy atom. The molecule has 1 aromatic carbocycles. The molecule has 1 heterocycles. The third kappa shape index (κ3) is 2.12. The minimum atomic E-state index is -0.260. The number of halogens is 1. The molecule has 4 heteroatoms. The largest absolute Gasteiger partial charge is 0.323 e. The molecule has 0 atom stereocenters. The van der Waals surface area contributed by atoms with Crippen LogP contribution in [0.5, 0.6) is 0 Å². The molecule has 1 saturated carbocycles. The molecule has 0 aromatic heterocycles. The van der Waals surface area contributed by atoms with E-state index < -0.39 is 0 Å². The van der Waals surface area contributed by atoms with Gasteiger partial charge in [-0.2, -0.15) is 0 Å². The number of fused-ring (bicyclic) bond motifs is 1. The van der Waals surface area contributed by atoms with Crippen molar-refractivity contribution in [3.63, 3.8) is 0 Å². The summed E-state index contributed by atoms with van der Waals surface area (Å²) in [4.78, 5) is 12.4. The molecule has 1 aliphatic carbocycles. The van der Waals surface area contributed by atoms with E-state index in [1.54, 1.807) is 6.07 Å². The van der Waals surface area contributed by atoms with Crippen molar-refractivity contribution in [1.29, 1.82) is 0 Å². The number of rotatable bonds is 3. The molecule has 1 aliphatic heterocycles. The lowest BCUT2D eigenvalue weighted by atomic mass is 9.66. The van der Waals surface area contributed by atoms with E-state index in [1.165, 1.54) is 0 Å². The van der Waals surface area contributed by atoms with Gasteiger partial charge < -0.3 is 10.6 Å². The highest BCUT2D eigenvalue weighted by Gasteiger charge is 2.42. The Morgan fingerprint density at radius 3 is 2.90 bits per heavy atom. The number of carbonyl (C=O) groups excluding carboxylic acids is 1. The van der Waals surface area contributed by atoms with Crippen molar-refractivity contribution in [3.05, 3.63) is 29.1 Å². The minimum absolute atomic E-state index is 0.0148. The van der Waals surface area contributed by atoms with Gasteiger partial charge in [0, 0.05) is 12.0 Å². The summed E-state index contributed by atoms with van der Waals surface area (Å²) in [5.74, 6) is -0.262. The van der Waals surface area contributed by atoms with E-state index in [-0.39, 0.29) is 17.1 Å². The maximum Gasteiger partial charge on any atom is 0.230 e. The monoisotopic (exact) mass is 276 g/mol. The standard InChI is InChI=1S/C16H21FN2O/c1-2-16(7-3-8-16)15(20)19-13-5-4-11-10-18-9-6-12(11)14(13)17/h4-5,18H,2-3,6-10H2,1H3,(H,19,20). The maximum absolute atomic E-state index is 14.5. The van der Waals surface area contributed by atoms with Crippen LogP contribution in [0.3, 0.4) is 0 Å². The van der Waals surface area contributed by atoms with Gasteiger partial charge in [-0.3, -0.25) is 4.79 Å². The number of nitrogens with one attached hydrogen (secondary N) is 2. The second-order valence-electron chi connectivity index (χ2n) is 5.93. The first-order chi connectivity index (χ1) is 9.66. The van der Waals surface area contributed by atoms with Crippen LogP contribution < -0.4 is 10.6 Å². The fourth-order valence-electron chi connectivity index (χ4n) is 3.23. The van der Waals surface area contributed by atoms with Crippen LogP contribution in [0, 0.1) is 11.2 Å². The highest BCUT2D eigenvalue weighted by Crippen LogP contribution is 2.44. The van der Waals surface area contributed by atoms with Crippen LogP contribution in [-0.4, -0.2) is 12.5 Å². The van der Waals surface area contributed by atoms with Gasteiger partial charge in [-0.25, -0.2) is 4.39 Å². The predicted octanol–water partition coefficient (Wildman–Crippen LogP) is 2.99. The minimum Gasteiger partial charge on any atom is -0.323 e. The molecule has 3 rings (SSSR count). The second kappa shape index (κ2) is 5.17. The smallest absolute Gasteiger partial charge is 0.230 e. The molecule has 0 saturated heterocycles. The van der Waals surface area contributed by atoms with Crippen LogP contribution in [-0.2, 0) is 17.8 Å². The molecule has 2 N–H and O–H groups in total. The Bertz CT molecular complexity index is 532. The summed E-state index contributed by atoms with van der Waals surface area (Å²) in [6.07, 6.45) is 4.45. The van der Waals surface area contributed by atoms with Gasteiger partial charge in [-0.1, -0.05) is 19.4 Å². The zero-order chi connectivity index (χ0) is 14.2. The van der Waals surface area contributed by atoms with E-state index >= 15 is 0 Å². The van der Waals surface area contributed by atoms with Crippen LogP contribution in [0.1, 0.15) is 43.7 Å². The van der Waals surface area contributed by atoms with Gasteiger partial charge in [0.2, 0.25) is 5.91 Å². The van der Waals surface area contributed by atoms with Crippen molar-refractivity contribution < 1.29 is 9.18 Å². The Balaban J connectivity index is 1.83. The topological polar surface area (TPSA) is 41.1 Å². The lowest BCUT2D eigenvalue weighted by Gasteiger charge is -2.39. The van der Waals surface area contributed by atoms with Crippen molar-refractivity contribution >= 4 is 11.6 Å². The number of hydrogen-bond acceptors (Lipinski definition) is 2. The van der Waals surface area contributed by atoms with E-state index in [0.29, 0.717) is 18.7 Å². The van der Waals surface area contributed by atoms with Crippen molar-refractivity contribution in [2.45, 2.75) is 45.6 Å². The Hall–Kier alpha value is -1.42. The summed E-state index contributed by atoms with van der Waals surface area (Å²) in [5, 5.41) is 6.05. The Morgan fingerprint density at radius 2 is 2.25 bits per heavy atom. The SMILES string of the molecule is CCC1(C(=O)Nc2ccc3c(c2F)CCNC3)CCC1. The first-order valence-electron chi connectivity index (χ1n) is 7.49. The van der Waals surface area contributed by atoms with Crippen molar-refractivity contribution in [2.24, 2.45) is 5.41 Å². The molecular formula is C16H21FN2O. The molecule has 0 radical (unpaired) electrons. The predicted molar refractivity (Wildman–Crippen MR) is 77.0 cm³/mol. The van der Waals surface area contributed by atoms with Crippen LogP contribution in [0.25, 0.3) is 0 Å². The Labute approximate surface area is 118 Å². The van der Waals surface area contributed by atoms with Gasteiger partial charge in [0.15, 0.2) is 0 Å². The lowest BCUT2D eigenvalue weighted by Crippen LogP contribution is -2.41. The highest BCUT2D eigenvalue weighted by molar-refractivity contribution is 5.96. The molecule has 3 nitrogen and oxygen atoms in total. The zero-order valence-electron chi connectivity index (χ0n) is 11.9. The maximum atomic E-state index is 14.5. The van der Waals surface area contributed by atoms with E-state index in [9.17, 15) is 9.18 Å². The van der Waals surface area contributed by atoms with E-state index in [1.807, 2.05) is 13.0 Å². The summed E-state index contributed by atoms with van der Waals surface area (Å²) in [7, 11) is 0. The van der Waals surface area contributed by atoms with Crippen LogP contribution in [0.2, 0.25) is 0 Å². The lowest BCUT2D eigenvalue weighted by molar-refractivity contribution is -0.130. The van der Waals surface area contributed by atoms with Crippen LogP contribution in [0.15, 0.2) is 12.1 Å². The van der Waals surface area contributed by atoms with Gasteiger partial charge in [0.25, 0.3) is 0 Å². The molecule has 0 bridgehead atoms. The third-order valence-electron chi connectivity index (χ3n) is 4.92. The van der Waals surface area contributed by atoms with Gasteiger partial charge in [0.05, 0.1) is 5.69 Å². The number of amides is 1. The molecular weight excluding hydrogens is 255 g/mol. The average molecular weight is 276 g/mol. The quantitative estimate of drug-likeness (QED) is 0.891. The first kappa shape index (κ1) is 13.6. The summed E-state index contributed by atoms with van der Waals surface area (Å²) in [6.45, 7) is 3.53. The first-order valence-corrected chi connectivity index (χ1v) is 7.49. The van der Waals surface area contributed by atoms with E-state index in [4.69, 9.17) is 0 Å². The third-order valence-corrected chi connectivity index (χ3v) is 4.92. The molecule has 1 aromatic rings. The zero-order valence-corrected chi connectivity index (χ0v) is 11.9. The molecule has 1 fully saturated rings. The second-order valence-corrected chi connectivity index (χ2v) is 5.93. The average Bonchev–Trinajstić information content (AvgIpc) is 2.42. The molecule has 1 amide bonds.